The highest BCUT2D eigenvalue weighted by Gasteiger charge is 2.49. The highest BCUT2D eigenvalue weighted by atomic mass is 15.2. The summed E-state index contributed by atoms with van der Waals surface area (Å²) in [7, 11) is 2.30. The molecule has 4 rings (SSSR count). The number of rotatable bonds is 0. The molecule has 0 N–H and O–H groups in total. The van der Waals surface area contributed by atoms with E-state index in [1.165, 1.54) is 19.3 Å². The number of hydrogen-bond donors (Lipinski definition) is 0. The van der Waals surface area contributed by atoms with Crippen LogP contribution in [0.25, 0.3) is 0 Å². The maximum Gasteiger partial charge on any atom is 0.0570 e. The lowest BCUT2D eigenvalue weighted by Gasteiger charge is -2.45. The predicted octanol–water partition coefficient (Wildman–Crippen LogP) is 3.33. The van der Waals surface area contributed by atoms with Gasteiger partial charge in [0.2, 0.25) is 0 Å². The summed E-state index contributed by atoms with van der Waals surface area (Å²) < 4.78 is 0. The summed E-state index contributed by atoms with van der Waals surface area (Å²) in [5.41, 5.74) is 6.59. The van der Waals surface area contributed by atoms with Gasteiger partial charge >= 0.3 is 0 Å². The van der Waals surface area contributed by atoms with E-state index in [0.717, 1.165) is 6.54 Å². The quantitative estimate of drug-likeness (QED) is 0.647. The lowest BCUT2D eigenvalue weighted by atomic mass is 9.66. The van der Waals surface area contributed by atoms with Gasteiger partial charge in [-0.05, 0) is 36.3 Å². The molecule has 0 amide bonds. The Bertz CT molecular complexity index is 564. The van der Waals surface area contributed by atoms with Gasteiger partial charge in [-0.1, -0.05) is 31.6 Å². The van der Waals surface area contributed by atoms with Crippen molar-refractivity contribution in [3.63, 3.8) is 0 Å². The van der Waals surface area contributed by atoms with E-state index in [0.29, 0.717) is 12.0 Å². The molecule has 2 heterocycles. The minimum Gasteiger partial charge on any atom is -0.374 e. The molecule has 0 saturated carbocycles. The van der Waals surface area contributed by atoms with Gasteiger partial charge in [0.1, 0.15) is 0 Å². The Kier molecular flexibility index (Phi) is 2.19. The van der Waals surface area contributed by atoms with Crippen molar-refractivity contribution in [2.24, 2.45) is 16.3 Å². The monoisotopic (exact) mass is 254 g/mol. The first-order chi connectivity index (χ1) is 9.13. The summed E-state index contributed by atoms with van der Waals surface area (Å²) in [6.45, 7) is 5.67. The molecule has 3 atom stereocenters. The van der Waals surface area contributed by atoms with Gasteiger partial charge in [-0.25, -0.2) is 0 Å². The van der Waals surface area contributed by atoms with E-state index in [2.05, 4.69) is 49.2 Å². The average molecular weight is 254 g/mol. The molecule has 0 fully saturated rings. The molecule has 0 saturated heterocycles. The number of allylic oxidation sites excluding steroid dienone is 4. The van der Waals surface area contributed by atoms with Crippen molar-refractivity contribution in [2.75, 3.05) is 13.6 Å². The number of likely N-dealkylation sites (tertiary alicyclic amines) is 1. The van der Waals surface area contributed by atoms with Crippen LogP contribution in [-0.2, 0) is 0 Å². The molecule has 3 unspecified atom stereocenters. The topological polar surface area (TPSA) is 15.6 Å². The Morgan fingerprint density at radius 3 is 3.05 bits per heavy atom. The summed E-state index contributed by atoms with van der Waals surface area (Å²) in [6.07, 6.45) is 10.5. The summed E-state index contributed by atoms with van der Waals surface area (Å²) in [4.78, 5) is 7.23. The second-order valence-corrected chi connectivity index (χ2v) is 6.67. The minimum absolute atomic E-state index is 0.146. The normalized spacial score (nSPS) is 43.2. The van der Waals surface area contributed by atoms with Gasteiger partial charge in [-0.2, -0.15) is 0 Å². The smallest absolute Gasteiger partial charge is 0.0570 e. The van der Waals surface area contributed by atoms with Gasteiger partial charge in [0.25, 0.3) is 0 Å². The first-order valence-electron chi connectivity index (χ1n) is 7.49. The summed E-state index contributed by atoms with van der Waals surface area (Å²) >= 11 is 0. The molecule has 2 nitrogen and oxygen atoms in total. The van der Waals surface area contributed by atoms with E-state index < -0.39 is 0 Å². The van der Waals surface area contributed by atoms with E-state index >= 15 is 0 Å². The van der Waals surface area contributed by atoms with Crippen molar-refractivity contribution in [3.05, 3.63) is 34.6 Å². The molecule has 0 aromatic heterocycles. The first kappa shape index (κ1) is 11.5. The molecule has 5 bridgehead atoms. The molecule has 0 spiro atoms. The molecule has 0 radical (unpaired) electrons. The SMILES string of the molecule is CC1C2CC3=C(CCC4=C3/C=C\C/N=C\C41C)N2C. The van der Waals surface area contributed by atoms with Gasteiger partial charge in [-0.15, -0.1) is 0 Å². The molecule has 0 aromatic carbocycles. The Balaban J connectivity index is 2.04. The second-order valence-electron chi connectivity index (χ2n) is 6.67. The molecular weight excluding hydrogens is 232 g/mol. The van der Waals surface area contributed by atoms with E-state index in [-0.39, 0.29) is 5.41 Å². The van der Waals surface area contributed by atoms with Crippen LogP contribution in [-0.4, -0.2) is 30.7 Å². The van der Waals surface area contributed by atoms with Gasteiger partial charge in [0, 0.05) is 30.4 Å². The van der Waals surface area contributed by atoms with Crippen molar-refractivity contribution < 1.29 is 0 Å². The standard InChI is InChI=1S/C17H22N2/c1-11-16-9-13-12-5-4-8-18-10-17(11,2)14(12)6-7-15(13)19(16)3/h4-5,10-11,16H,6-9H2,1-3H3/b5-4-,18-10-. The van der Waals surface area contributed by atoms with Crippen LogP contribution in [0, 0.1) is 11.3 Å². The molecule has 2 aliphatic carbocycles. The number of aliphatic imine (C=N–C) groups is 1. The molecule has 0 aromatic rings. The van der Waals surface area contributed by atoms with Crippen LogP contribution in [0.5, 0.6) is 0 Å². The third-order valence-electron chi connectivity index (χ3n) is 5.97. The van der Waals surface area contributed by atoms with Crippen molar-refractivity contribution in [1.29, 1.82) is 0 Å². The zero-order valence-electron chi connectivity index (χ0n) is 12.1. The summed E-state index contributed by atoms with van der Waals surface area (Å²) in [5, 5.41) is 0. The zero-order valence-corrected chi connectivity index (χ0v) is 12.1. The van der Waals surface area contributed by atoms with Crippen molar-refractivity contribution in [2.45, 2.75) is 39.2 Å². The zero-order chi connectivity index (χ0) is 13.2. The highest BCUT2D eigenvalue weighted by Crippen LogP contribution is 2.55. The third-order valence-corrected chi connectivity index (χ3v) is 5.97. The van der Waals surface area contributed by atoms with Crippen LogP contribution >= 0.6 is 0 Å². The number of nitrogens with zero attached hydrogens (tertiary/aromatic N) is 2. The molecule has 2 aliphatic heterocycles. The van der Waals surface area contributed by atoms with Gasteiger partial charge < -0.3 is 4.90 Å². The van der Waals surface area contributed by atoms with E-state index in [1.807, 2.05) is 0 Å². The average Bonchev–Trinajstić information content (AvgIpc) is 2.69. The van der Waals surface area contributed by atoms with E-state index in [4.69, 9.17) is 0 Å². The lowest BCUT2D eigenvalue weighted by molar-refractivity contribution is 0.175. The molecule has 4 aliphatic rings. The molecule has 2 heteroatoms. The van der Waals surface area contributed by atoms with Crippen LogP contribution in [0.15, 0.2) is 39.6 Å². The van der Waals surface area contributed by atoms with Crippen LogP contribution in [0.3, 0.4) is 0 Å². The molecule has 19 heavy (non-hydrogen) atoms. The number of hydrogen-bond acceptors (Lipinski definition) is 2. The lowest BCUT2D eigenvalue weighted by Crippen LogP contribution is -2.44. The maximum atomic E-state index is 4.66. The number of fused-ring (bicyclic) bond motifs is 1. The van der Waals surface area contributed by atoms with Crippen LogP contribution in [0.4, 0.5) is 0 Å². The third kappa shape index (κ3) is 1.30. The second kappa shape index (κ2) is 3.62. The Hall–Kier alpha value is -1.31. The maximum absolute atomic E-state index is 4.66. The Morgan fingerprint density at radius 2 is 2.21 bits per heavy atom. The predicted molar refractivity (Wildman–Crippen MR) is 79.2 cm³/mol. The van der Waals surface area contributed by atoms with E-state index in [1.54, 1.807) is 22.4 Å². The van der Waals surface area contributed by atoms with Crippen LogP contribution < -0.4 is 0 Å². The Morgan fingerprint density at radius 1 is 1.37 bits per heavy atom. The fourth-order valence-corrected chi connectivity index (χ4v) is 4.65. The minimum atomic E-state index is 0.146. The van der Waals surface area contributed by atoms with Crippen LogP contribution in [0.1, 0.15) is 33.1 Å². The van der Waals surface area contributed by atoms with Gasteiger partial charge in [-0.3, -0.25) is 4.99 Å². The first-order valence-corrected chi connectivity index (χ1v) is 7.49. The highest BCUT2D eigenvalue weighted by molar-refractivity contribution is 5.75. The van der Waals surface area contributed by atoms with Crippen molar-refractivity contribution in [3.8, 4) is 0 Å². The van der Waals surface area contributed by atoms with Gasteiger partial charge in [0.05, 0.1) is 6.54 Å². The van der Waals surface area contributed by atoms with Crippen LogP contribution in [0.2, 0.25) is 0 Å². The largest absolute Gasteiger partial charge is 0.374 e. The van der Waals surface area contributed by atoms with Gasteiger partial charge in [0.15, 0.2) is 0 Å². The summed E-state index contributed by atoms with van der Waals surface area (Å²) in [6, 6.07) is 0.653. The van der Waals surface area contributed by atoms with E-state index in [9.17, 15) is 0 Å². The fourth-order valence-electron chi connectivity index (χ4n) is 4.65. The van der Waals surface area contributed by atoms with Crippen molar-refractivity contribution in [1.82, 2.24) is 4.90 Å². The van der Waals surface area contributed by atoms with Crippen molar-refractivity contribution >= 4 is 6.21 Å². The molecular formula is C17H22N2. The molecule has 100 valence electrons. The summed E-state index contributed by atoms with van der Waals surface area (Å²) in [5.74, 6) is 0.632. The fraction of sp³-hybridized carbons (Fsp3) is 0.588. The Labute approximate surface area is 115 Å².